The fourth-order valence-corrected chi connectivity index (χ4v) is 4.11. The van der Waals surface area contributed by atoms with Gasteiger partial charge in [-0.05, 0) is 42.5 Å². The first-order chi connectivity index (χ1) is 20.1. The molecule has 1 heterocycles. The molecule has 4 rings (SSSR count). The van der Waals surface area contributed by atoms with Crippen LogP contribution >= 0.6 is 0 Å². The van der Waals surface area contributed by atoms with Crippen molar-refractivity contribution in [1.82, 2.24) is 5.16 Å². The number of carboxylic acids is 1. The lowest BCUT2D eigenvalue weighted by Crippen LogP contribution is -2.26. The largest absolute Gasteiger partial charge is 0.496 e. The third kappa shape index (κ3) is 5.61. The van der Waals surface area contributed by atoms with E-state index in [9.17, 15) is 24.3 Å². The molecule has 0 saturated heterocycles. The Morgan fingerprint density at radius 1 is 0.976 bits per heavy atom. The van der Waals surface area contributed by atoms with Crippen LogP contribution in [0.4, 0.5) is 26.7 Å². The number of amides is 3. The Balaban J connectivity index is 1.89. The van der Waals surface area contributed by atoms with Crippen LogP contribution in [0.3, 0.4) is 0 Å². The molecule has 3 N–H and O–H groups in total. The minimum absolute atomic E-state index is 0.0619. The second-order valence-electron chi connectivity index (χ2n) is 8.59. The van der Waals surface area contributed by atoms with Crippen LogP contribution in [0, 0.1) is 11.3 Å². The van der Waals surface area contributed by atoms with Gasteiger partial charge >= 0.3 is 18.2 Å². The minimum atomic E-state index is -1.35. The predicted octanol–water partition coefficient (Wildman–Crippen LogP) is 4.71. The van der Waals surface area contributed by atoms with E-state index in [2.05, 4.69) is 20.5 Å². The molecule has 42 heavy (non-hydrogen) atoms. The monoisotopic (exact) mass is 573 g/mol. The van der Waals surface area contributed by atoms with E-state index >= 15 is 0 Å². The lowest BCUT2D eigenvalue weighted by molar-refractivity contribution is 0.0698. The standard InChI is InChI=1S/C28H23N5O9/c1-33(28(38)41-4)21-12-23-19(11-16(21)17-10-15(30-27(37)40-3)6-8-22(17)39-2)24(32-42-23)25(34)31-20-7-5-14(13-29)9-18(20)26(35)36/h5-12H,1-4H3,(H,30,37)(H,31,34)(H,35,36). The summed E-state index contributed by atoms with van der Waals surface area (Å²) in [4.78, 5) is 50.6. The van der Waals surface area contributed by atoms with E-state index in [1.54, 1.807) is 18.2 Å². The Kier molecular flexibility index (Phi) is 8.23. The fraction of sp³-hybridized carbons (Fsp3) is 0.143. The number of ether oxygens (including phenoxy) is 3. The van der Waals surface area contributed by atoms with Crippen LogP contribution < -0.4 is 20.3 Å². The molecule has 0 unspecified atom stereocenters. The minimum Gasteiger partial charge on any atom is -0.496 e. The maximum atomic E-state index is 13.3. The zero-order valence-corrected chi connectivity index (χ0v) is 22.7. The second kappa shape index (κ2) is 12.0. The Morgan fingerprint density at radius 3 is 2.38 bits per heavy atom. The van der Waals surface area contributed by atoms with E-state index in [0.717, 1.165) is 6.07 Å². The van der Waals surface area contributed by atoms with Gasteiger partial charge in [0, 0.05) is 29.9 Å². The summed E-state index contributed by atoms with van der Waals surface area (Å²) in [5.41, 5.74) is 1.07. The number of hydrogen-bond donors (Lipinski definition) is 3. The summed E-state index contributed by atoms with van der Waals surface area (Å²) in [6.45, 7) is 0. The van der Waals surface area contributed by atoms with Crippen LogP contribution in [-0.4, -0.2) is 62.7 Å². The van der Waals surface area contributed by atoms with Crippen molar-refractivity contribution in [3.63, 3.8) is 0 Å². The van der Waals surface area contributed by atoms with Gasteiger partial charge in [-0.1, -0.05) is 5.16 Å². The van der Waals surface area contributed by atoms with Crippen molar-refractivity contribution in [3.8, 4) is 22.9 Å². The van der Waals surface area contributed by atoms with Crippen molar-refractivity contribution in [2.75, 3.05) is 43.9 Å². The van der Waals surface area contributed by atoms with E-state index in [1.165, 1.54) is 57.5 Å². The molecule has 214 valence electrons. The first-order valence-corrected chi connectivity index (χ1v) is 12.0. The fourth-order valence-electron chi connectivity index (χ4n) is 4.11. The number of methoxy groups -OCH3 is 3. The number of carbonyl (C=O) groups is 4. The number of carbonyl (C=O) groups excluding carboxylic acids is 3. The predicted molar refractivity (Wildman–Crippen MR) is 149 cm³/mol. The molecular formula is C28H23N5O9. The van der Waals surface area contributed by atoms with Crippen LogP contribution in [0.5, 0.6) is 5.75 Å². The molecule has 1 aromatic heterocycles. The highest BCUT2D eigenvalue weighted by atomic mass is 16.5. The number of rotatable bonds is 7. The van der Waals surface area contributed by atoms with Crippen molar-refractivity contribution in [2.45, 2.75) is 0 Å². The first-order valence-electron chi connectivity index (χ1n) is 12.0. The smallest absolute Gasteiger partial charge is 0.413 e. The van der Waals surface area contributed by atoms with Gasteiger partial charge in [-0.15, -0.1) is 0 Å². The maximum absolute atomic E-state index is 13.3. The number of aromatic nitrogens is 1. The SMILES string of the molecule is COC(=O)Nc1ccc(OC)c(-c2cc3c(C(=O)Nc4ccc(C#N)cc4C(=O)O)noc3cc2N(C)C(=O)OC)c1. The Morgan fingerprint density at radius 2 is 1.74 bits per heavy atom. The van der Waals surface area contributed by atoms with Crippen LogP contribution in [-0.2, 0) is 9.47 Å². The quantitative estimate of drug-likeness (QED) is 0.277. The Hall–Kier alpha value is -6.10. The number of fused-ring (bicyclic) bond motifs is 1. The Labute approximate surface area is 238 Å². The number of nitrogens with one attached hydrogen (secondary N) is 2. The molecule has 0 aliphatic carbocycles. The van der Waals surface area contributed by atoms with Gasteiger partial charge < -0.3 is 29.2 Å². The number of nitriles is 1. The molecule has 14 nitrogen and oxygen atoms in total. The summed E-state index contributed by atoms with van der Waals surface area (Å²) in [7, 11) is 5.32. The van der Waals surface area contributed by atoms with E-state index in [0.29, 0.717) is 22.6 Å². The average Bonchev–Trinajstić information content (AvgIpc) is 3.42. The topological polar surface area (TPSA) is 193 Å². The summed E-state index contributed by atoms with van der Waals surface area (Å²) in [6, 6.07) is 13.4. The van der Waals surface area contributed by atoms with Crippen LogP contribution in [0.2, 0.25) is 0 Å². The molecule has 0 spiro atoms. The van der Waals surface area contributed by atoms with Crippen LogP contribution in [0.25, 0.3) is 22.1 Å². The molecule has 3 amide bonds. The summed E-state index contributed by atoms with van der Waals surface area (Å²) in [5, 5.41) is 27.8. The number of anilines is 3. The van der Waals surface area contributed by atoms with Gasteiger partial charge in [0.2, 0.25) is 0 Å². The molecule has 0 aliphatic rings. The second-order valence-corrected chi connectivity index (χ2v) is 8.59. The normalized spacial score (nSPS) is 10.4. The van der Waals surface area contributed by atoms with Crippen LogP contribution in [0.15, 0.2) is 53.1 Å². The Bertz CT molecular complexity index is 1770. The highest BCUT2D eigenvalue weighted by Gasteiger charge is 2.25. The van der Waals surface area contributed by atoms with Crippen molar-refractivity contribution < 1.29 is 43.0 Å². The third-order valence-electron chi connectivity index (χ3n) is 6.16. The molecule has 0 fully saturated rings. The summed E-state index contributed by atoms with van der Waals surface area (Å²) < 4.78 is 20.5. The van der Waals surface area contributed by atoms with Gasteiger partial charge in [0.1, 0.15) is 5.75 Å². The summed E-state index contributed by atoms with van der Waals surface area (Å²) >= 11 is 0. The van der Waals surface area contributed by atoms with E-state index in [4.69, 9.17) is 19.3 Å². The van der Waals surface area contributed by atoms with Gasteiger partial charge in [-0.3, -0.25) is 15.0 Å². The van der Waals surface area contributed by atoms with Crippen LogP contribution in [0.1, 0.15) is 26.4 Å². The molecule has 0 aliphatic heterocycles. The number of aromatic carboxylic acids is 1. The number of benzene rings is 3. The zero-order valence-electron chi connectivity index (χ0n) is 22.7. The van der Waals surface area contributed by atoms with Gasteiger partial charge in [-0.25, -0.2) is 14.4 Å². The first kappa shape index (κ1) is 28.9. The van der Waals surface area contributed by atoms with E-state index in [-0.39, 0.29) is 39.2 Å². The van der Waals surface area contributed by atoms with Crippen molar-refractivity contribution >= 4 is 52.1 Å². The lowest BCUT2D eigenvalue weighted by atomic mass is 9.98. The molecule has 0 radical (unpaired) electrons. The van der Waals surface area contributed by atoms with Crippen molar-refractivity contribution in [3.05, 3.63) is 65.4 Å². The van der Waals surface area contributed by atoms with Gasteiger partial charge in [0.05, 0.1) is 55.3 Å². The van der Waals surface area contributed by atoms with E-state index < -0.39 is 24.1 Å². The molecular weight excluding hydrogens is 550 g/mol. The highest BCUT2D eigenvalue weighted by molar-refractivity contribution is 6.14. The molecule has 0 saturated carbocycles. The highest BCUT2D eigenvalue weighted by Crippen LogP contribution is 2.41. The summed E-state index contributed by atoms with van der Waals surface area (Å²) in [5.74, 6) is -1.79. The molecule has 4 aromatic rings. The van der Waals surface area contributed by atoms with Crippen molar-refractivity contribution in [1.29, 1.82) is 5.26 Å². The van der Waals surface area contributed by atoms with Gasteiger partial charge in [-0.2, -0.15) is 5.26 Å². The van der Waals surface area contributed by atoms with Crippen molar-refractivity contribution in [2.24, 2.45) is 0 Å². The molecule has 3 aromatic carbocycles. The third-order valence-corrected chi connectivity index (χ3v) is 6.16. The average molecular weight is 574 g/mol. The number of hydrogen-bond acceptors (Lipinski definition) is 10. The summed E-state index contributed by atoms with van der Waals surface area (Å²) in [6.07, 6.45) is -1.42. The zero-order chi connectivity index (χ0) is 30.6. The molecule has 0 atom stereocenters. The molecule has 0 bridgehead atoms. The van der Waals surface area contributed by atoms with E-state index in [1.807, 2.05) is 6.07 Å². The maximum Gasteiger partial charge on any atom is 0.413 e. The molecule has 14 heteroatoms. The number of nitrogens with zero attached hydrogens (tertiary/aromatic N) is 3. The van der Waals surface area contributed by atoms with Gasteiger partial charge in [0.15, 0.2) is 11.3 Å². The lowest BCUT2D eigenvalue weighted by Gasteiger charge is -2.21. The van der Waals surface area contributed by atoms with Gasteiger partial charge in [0.25, 0.3) is 5.91 Å². The number of carboxylic acid groups (broad SMARTS) is 1.